The fourth-order valence-corrected chi connectivity index (χ4v) is 2.25. The number of carboxylic acid groups (broad SMARTS) is 1. The normalized spacial score (nSPS) is 9.93. The van der Waals surface area contributed by atoms with Crippen molar-refractivity contribution in [2.75, 3.05) is 22.9 Å². The molecule has 0 aromatic heterocycles. The summed E-state index contributed by atoms with van der Waals surface area (Å²) in [5.74, 6) is -0.980. The molecule has 3 aromatic rings. The number of benzene rings is 3. The lowest BCUT2D eigenvalue weighted by atomic mass is 10.0. The van der Waals surface area contributed by atoms with Gasteiger partial charge in [0.25, 0.3) is 0 Å². The predicted octanol–water partition coefficient (Wildman–Crippen LogP) is 2.48. The summed E-state index contributed by atoms with van der Waals surface area (Å²) in [4.78, 5) is 10.4. The number of nitrogen functional groups attached to an aromatic ring is 4. The minimum Gasteiger partial charge on any atom is -0.506 e. The summed E-state index contributed by atoms with van der Waals surface area (Å²) in [7, 11) is 0. The van der Waals surface area contributed by atoms with Crippen molar-refractivity contribution in [1.82, 2.24) is 0 Å². The Morgan fingerprint density at radius 3 is 1.41 bits per heavy atom. The van der Waals surface area contributed by atoms with Crippen LogP contribution in [0.15, 0.2) is 54.6 Å². The molecule has 0 radical (unpaired) electrons. The summed E-state index contributed by atoms with van der Waals surface area (Å²) in [6, 6.07) is 14.1. The number of anilines is 4. The molecule has 140 valence electrons. The topological polar surface area (TPSA) is 182 Å². The monoisotopic (exact) mass is 368 g/mol. The fraction of sp³-hybridized carbons (Fsp3) is 0. The van der Waals surface area contributed by atoms with Crippen molar-refractivity contribution < 1.29 is 20.1 Å². The molecule has 11 N–H and O–H groups in total. The first-order chi connectivity index (χ1) is 12.7. The SMILES string of the molecule is Nc1cc(N)cc(C(=O)O)c1.Nc1ccc(-c2ccc(N)c(O)c2)cc1O. The number of phenols is 2. The summed E-state index contributed by atoms with van der Waals surface area (Å²) in [6.07, 6.45) is 0. The van der Waals surface area contributed by atoms with Gasteiger partial charge in [-0.3, -0.25) is 0 Å². The molecule has 3 rings (SSSR count). The van der Waals surface area contributed by atoms with Crippen LogP contribution in [-0.2, 0) is 0 Å². The molecule has 0 aliphatic rings. The lowest BCUT2D eigenvalue weighted by molar-refractivity contribution is 0.0697. The van der Waals surface area contributed by atoms with Crippen LogP contribution in [0, 0.1) is 0 Å². The van der Waals surface area contributed by atoms with E-state index in [1.807, 2.05) is 0 Å². The van der Waals surface area contributed by atoms with E-state index in [9.17, 15) is 15.0 Å². The minimum atomic E-state index is -1.02. The maximum absolute atomic E-state index is 10.4. The van der Waals surface area contributed by atoms with Gasteiger partial charge in [-0.1, -0.05) is 12.1 Å². The number of aromatic carboxylic acids is 1. The van der Waals surface area contributed by atoms with E-state index in [-0.39, 0.29) is 17.1 Å². The zero-order valence-corrected chi connectivity index (χ0v) is 14.3. The van der Waals surface area contributed by atoms with Gasteiger partial charge in [0.05, 0.1) is 16.9 Å². The number of phenolic OH excluding ortho intramolecular Hbond substituents is 2. The van der Waals surface area contributed by atoms with Crippen LogP contribution in [0.4, 0.5) is 22.7 Å². The third-order valence-electron chi connectivity index (χ3n) is 3.62. The smallest absolute Gasteiger partial charge is 0.335 e. The molecule has 27 heavy (non-hydrogen) atoms. The quantitative estimate of drug-likeness (QED) is 0.266. The Kier molecular flexibility index (Phi) is 5.62. The van der Waals surface area contributed by atoms with E-state index in [4.69, 9.17) is 28.0 Å². The fourth-order valence-electron chi connectivity index (χ4n) is 2.25. The van der Waals surface area contributed by atoms with E-state index in [1.54, 1.807) is 36.4 Å². The number of rotatable bonds is 2. The maximum Gasteiger partial charge on any atom is 0.335 e. The molecule has 3 aromatic carbocycles. The standard InChI is InChI=1S/C12H12N2O2.C7H8N2O2/c13-9-3-1-7(5-11(9)15)8-2-4-10(14)12(16)6-8;8-5-1-4(7(10)11)2-6(9)3-5/h1-6,15-16H,13-14H2;1-3H,8-9H2,(H,10,11). The van der Waals surface area contributed by atoms with Crippen molar-refractivity contribution in [1.29, 1.82) is 0 Å². The summed E-state index contributed by atoms with van der Waals surface area (Å²) in [6.45, 7) is 0. The first kappa shape index (κ1) is 19.3. The molecular weight excluding hydrogens is 348 g/mol. The van der Waals surface area contributed by atoms with Gasteiger partial charge < -0.3 is 38.3 Å². The third kappa shape index (κ3) is 4.95. The highest BCUT2D eigenvalue weighted by Crippen LogP contribution is 2.31. The van der Waals surface area contributed by atoms with E-state index in [0.717, 1.165) is 11.1 Å². The molecule has 0 spiro atoms. The van der Waals surface area contributed by atoms with Crippen LogP contribution in [0.5, 0.6) is 11.5 Å². The van der Waals surface area contributed by atoms with Gasteiger partial charge in [0, 0.05) is 11.4 Å². The predicted molar refractivity (Wildman–Crippen MR) is 106 cm³/mol. The molecule has 0 aliphatic heterocycles. The van der Waals surface area contributed by atoms with Gasteiger partial charge in [0.2, 0.25) is 0 Å². The Balaban J connectivity index is 0.000000208. The summed E-state index contributed by atoms with van der Waals surface area (Å²) in [5, 5.41) is 27.5. The average molecular weight is 368 g/mol. The molecule has 0 saturated heterocycles. The molecule has 8 nitrogen and oxygen atoms in total. The van der Waals surface area contributed by atoms with Gasteiger partial charge in [0.15, 0.2) is 0 Å². The molecule has 8 heteroatoms. The average Bonchev–Trinajstić information content (AvgIpc) is 2.59. The van der Waals surface area contributed by atoms with E-state index in [1.165, 1.54) is 18.2 Å². The molecule has 0 fully saturated rings. The van der Waals surface area contributed by atoms with E-state index < -0.39 is 5.97 Å². The maximum atomic E-state index is 10.4. The first-order valence-electron chi connectivity index (χ1n) is 7.74. The molecule has 0 bridgehead atoms. The van der Waals surface area contributed by atoms with Crippen molar-refractivity contribution in [2.24, 2.45) is 0 Å². The highest BCUT2D eigenvalue weighted by atomic mass is 16.4. The van der Waals surface area contributed by atoms with Gasteiger partial charge in [0.1, 0.15) is 11.5 Å². The molecule has 0 atom stereocenters. The molecule has 0 saturated carbocycles. The van der Waals surface area contributed by atoms with E-state index in [0.29, 0.717) is 22.7 Å². The van der Waals surface area contributed by atoms with Gasteiger partial charge in [-0.05, 0) is 53.6 Å². The molecular formula is C19H20N4O4. The van der Waals surface area contributed by atoms with E-state index >= 15 is 0 Å². The lowest BCUT2D eigenvalue weighted by Crippen LogP contribution is -1.99. The van der Waals surface area contributed by atoms with Crippen LogP contribution in [0.2, 0.25) is 0 Å². The largest absolute Gasteiger partial charge is 0.506 e. The van der Waals surface area contributed by atoms with Gasteiger partial charge in [-0.15, -0.1) is 0 Å². The number of nitrogens with two attached hydrogens (primary N) is 4. The summed E-state index contributed by atoms with van der Waals surface area (Å²) in [5.41, 5.74) is 24.7. The molecule has 0 unspecified atom stereocenters. The zero-order valence-electron chi connectivity index (χ0n) is 14.3. The van der Waals surface area contributed by atoms with Crippen LogP contribution in [0.3, 0.4) is 0 Å². The molecule has 0 amide bonds. The Morgan fingerprint density at radius 1 is 0.667 bits per heavy atom. The zero-order chi connectivity index (χ0) is 20.1. The summed E-state index contributed by atoms with van der Waals surface area (Å²) >= 11 is 0. The Morgan fingerprint density at radius 2 is 1.07 bits per heavy atom. The van der Waals surface area contributed by atoms with Crippen LogP contribution < -0.4 is 22.9 Å². The van der Waals surface area contributed by atoms with Crippen molar-refractivity contribution in [2.45, 2.75) is 0 Å². The van der Waals surface area contributed by atoms with Crippen molar-refractivity contribution >= 4 is 28.7 Å². The van der Waals surface area contributed by atoms with Crippen molar-refractivity contribution in [3.05, 3.63) is 60.2 Å². The highest BCUT2D eigenvalue weighted by Gasteiger charge is 2.04. The van der Waals surface area contributed by atoms with Crippen LogP contribution >= 0.6 is 0 Å². The van der Waals surface area contributed by atoms with Gasteiger partial charge >= 0.3 is 5.97 Å². The van der Waals surface area contributed by atoms with Crippen molar-refractivity contribution in [3.8, 4) is 22.6 Å². The Labute approximate surface area is 155 Å². The van der Waals surface area contributed by atoms with E-state index in [2.05, 4.69) is 0 Å². The number of hydrogen-bond acceptors (Lipinski definition) is 7. The van der Waals surface area contributed by atoms with Crippen LogP contribution in [-0.4, -0.2) is 21.3 Å². The summed E-state index contributed by atoms with van der Waals surface area (Å²) < 4.78 is 0. The number of carboxylic acids is 1. The second-order valence-electron chi connectivity index (χ2n) is 5.74. The minimum absolute atomic E-state index is 0.0221. The van der Waals surface area contributed by atoms with Crippen LogP contribution in [0.25, 0.3) is 11.1 Å². The Bertz CT molecular complexity index is 920. The van der Waals surface area contributed by atoms with Crippen molar-refractivity contribution in [3.63, 3.8) is 0 Å². The molecule has 0 heterocycles. The van der Waals surface area contributed by atoms with Crippen LogP contribution in [0.1, 0.15) is 10.4 Å². The number of aromatic hydroxyl groups is 2. The number of carbonyl (C=O) groups is 1. The second-order valence-corrected chi connectivity index (χ2v) is 5.74. The lowest BCUT2D eigenvalue weighted by Gasteiger charge is -2.06. The van der Waals surface area contributed by atoms with Gasteiger partial charge in [-0.25, -0.2) is 4.79 Å². The number of hydrogen-bond donors (Lipinski definition) is 7. The highest BCUT2D eigenvalue weighted by molar-refractivity contribution is 5.90. The Hall–Kier alpha value is -4.07. The van der Waals surface area contributed by atoms with Gasteiger partial charge in [-0.2, -0.15) is 0 Å². The molecule has 0 aliphatic carbocycles. The first-order valence-corrected chi connectivity index (χ1v) is 7.74. The third-order valence-corrected chi connectivity index (χ3v) is 3.62. The second kappa shape index (κ2) is 7.87.